The van der Waals surface area contributed by atoms with Crippen molar-refractivity contribution in [2.75, 3.05) is 0 Å². The highest BCUT2D eigenvalue weighted by molar-refractivity contribution is 5.80. The molecule has 0 saturated heterocycles. The largest absolute Gasteiger partial charge is 0.352 e. The Morgan fingerprint density at radius 1 is 1.47 bits per heavy atom. The molecule has 1 heterocycles. The van der Waals surface area contributed by atoms with Crippen LogP contribution in [0.5, 0.6) is 0 Å². The fourth-order valence-electron chi connectivity index (χ4n) is 1.93. The van der Waals surface area contributed by atoms with Crippen LogP contribution in [-0.2, 0) is 16.9 Å². The third-order valence-corrected chi connectivity index (χ3v) is 3.54. The molecule has 1 aromatic heterocycles. The molecule has 2 aliphatic rings. The molecule has 1 amide bonds. The molecule has 19 heavy (non-hydrogen) atoms. The van der Waals surface area contributed by atoms with E-state index >= 15 is 0 Å². The summed E-state index contributed by atoms with van der Waals surface area (Å²) in [5.41, 5.74) is 7.94. The molecule has 3 rings (SSSR count). The van der Waals surface area contributed by atoms with Crippen LogP contribution < -0.4 is 11.1 Å². The number of nitrogens with one attached hydrogen (secondary N) is 1. The Kier molecular flexibility index (Phi) is 4.20. The van der Waals surface area contributed by atoms with Crippen LogP contribution >= 0.6 is 0 Å². The monoisotopic (exact) mass is 261 g/mol. The average Bonchev–Trinajstić information content (AvgIpc) is 3.34. The highest BCUT2D eigenvalue weighted by atomic mass is 16.2. The van der Waals surface area contributed by atoms with Gasteiger partial charge in [0.2, 0.25) is 5.91 Å². The molecule has 0 radical (unpaired) electrons. The highest BCUT2D eigenvalue weighted by Gasteiger charge is 2.41. The molecule has 2 saturated carbocycles. The standard InChI is InChI=1S/C13H17N3O.C2H6/c14-13(4-5-13)11-7-9(3-6-15-11)8-16-12(17)10-1-2-10;1-2/h3,6-7,10H,1-2,4-5,8,14H2,(H,16,17);1-2H3. The number of pyridine rings is 1. The second kappa shape index (κ2) is 5.70. The number of hydrogen-bond donors (Lipinski definition) is 2. The van der Waals surface area contributed by atoms with E-state index in [9.17, 15) is 4.79 Å². The fourth-order valence-corrected chi connectivity index (χ4v) is 1.93. The van der Waals surface area contributed by atoms with Crippen molar-refractivity contribution >= 4 is 5.91 Å². The van der Waals surface area contributed by atoms with Crippen LogP contribution in [0.1, 0.15) is 50.8 Å². The van der Waals surface area contributed by atoms with Crippen molar-refractivity contribution in [3.63, 3.8) is 0 Å². The first-order valence-electron chi connectivity index (χ1n) is 7.19. The van der Waals surface area contributed by atoms with Gasteiger partial charge < -0.3 is 11.1 Å². The number of aromatic nitrogens is 1. The van der Waals surface area contributed by atoms with Gasteiger partial charge in [0.05, 0.1) is 11.2 Å². The number of nitrogens with zero attached hydrogens (tertiary/aromatic N) is 1. The Balaban J connectivity index is 0.000000637. The van der Waals surface area contributed by atoms with Crippen LogP contribution in [0.15, 0.2) is 18.3 Å². The summed E-state index contributed by atoms with van der Waals surface area (Å²) in [7, 11) is 0. The van der Waals surface area contributed by atoms with Gasteiger partial charge >= 0.3 is 0 Å². The lowest BCUT2D eigenvalue weighted by Gasteiger charge is -2.10. The van der Waals surface area contributed by atoms with E-state index in [0.717, 1.165) is 36.9 Å². The maximum Gasteiger partial charge on any atom is 0.223 e. The summed E-state index contributed by atoms with van der Waals surface area (Å²) < 4.78 is 0. The zero-order valence-electron chi connectivity index (χ0n) is 11.8. The molecule has 2 aliphatic carbocycles. The summed E-state index contributed by atoms with van der Waals surface area (Å²) in [6.45, 7) is 4.58. The Hall–Kier alpha value is -1.42. The van der Waals surface area contributed by atoms with E-state index in [0.29, 0.717) is 6.54 Å². The van der Waals surface area contributed by atoms with Crippen molar-refractivity contribution in [3.8, 4) is 0 Å². The minimum absolute atomic E-state index is 0.178. The van der Waals surface area contributed by atoms with E-state index in [1.165, 1.54) is 0 Å². The van der Waals surface area contributed by atoms with Crippen molar-refractivity contribution in [1.82, 2.24) is 10.3 Å². The molecule has 0 spiro atoms. The lowest BCUT2D eigenvalue weighted by molar-refractivity contribution is -0.122. The summed E-state index contributed by atoms with van der Waals surface area (Å²) in [5, 5.41) is 2.95. The van der Waals surface area contributed by atoms with Crippen LogP contribution in [0.25, 0.3) is 0 Å². The zero-order valence-corrected chi connectivity index (χ0v) is 11.8. The summed E-state index contributed by atoms with van der Waals surface area (Å²) in [6.07, 6.45) is 5.88. The fraction of sp³-hybridized carbons (Fsp3) is 0.600. The quantitative estimate of drug-likeness (QED) is 0.872. The Labute approximate surface area is 114 Å². The van der Waals surface area contributed by atoms with E-state index in [1.54, 1.807) is 6.20 Å². The first kappa shape index (κ1) is 14.0. The molecule has 0 aromatic carbocycles. The zero-order chi connectivity index (χ0) is 13.9. The van der Waals surface area contributed by atoms with Gasteiger partial charge in [-0.05, 0) is 43.4 Å². The number of nitrogens with two attached hydrogens (primary N) is 1. The molecule has 0 unspecified atom stereocenters. The topological polar surface area (TPSA) is 68.0 Å². The van der Waals surface area contributed by atoms with Gasteiger partial charge in [0.15, 0.2) is 0 Å². The first-order chi connectivity index (χ1) is 9.17. The molecule has 1 aromatic rings. The molecule has 4 heteroatoms. The van der Waals surface area contributed by atoms with Gasteiger partial charge in [-0.1, -0.05) is 13.8 Å². The van der Waals surface area contributed by atoms with Gasteiger partial charge in [0.1, 0.15) is 0 Å². The van der Waals surface area contributed by atoms with Crippen molar-refractivity contribution in [3.05, 3.63) is 29.6 Å². The van der Waals surface area contributed by atoms with Crippen molar-refractivity contribution < 1.29 is 4.79 Å². The van der Waals surface area contributed by atoms with E-state index in [-0.39, 0.29) is 17.4 Å². The van der Waals surface area contributed by atoms with Gasteiger partial charge in [-0.2, -0.15) is 0 Å². The molecule has 3 N–H and O–H groups in total. The summed E-state index contributed by atoms with van der Waals surface area (Å²) >= 11 is 0. The molecule has 0 atom stereocenters. The predicted molar refractivity (Wildman–Crippen MR) is 75.3 cm³/mol. The second-order valence-corrected chi connectivity index (χ2v) is 5.20. The summed E-state index contributed by atoms with van der Waals surface area (Å²) in [4.78, 5) is 15.8. The summed E-state index contributed by atoms with van der Waals surface area (Å²) in [6, 6.07) is 3.95. The van der Waals surface area contributed by atoms with E-state index < -0.39 is 0 Å². The van der Waals surface area contributed by atoms with Crippen LogP contribution in [0.2, 0.25) is 0 Å². The number of rotatable bonds is 4. The third-order valence-electron chi connectivity index (χ3n) is 3.54. The lowest BCUT2D eigenvalue weighted by Crippen LogP contribution is -2.25. The van der Waals surface area contributed by atoms with Gasteiger partial charge in [-0.15, -0.1) is 0 Å². The molecular formula is C15H23N3O. The van der Waals surface area contributed by atoms with Crippen LogP contribution in [0, 0.1) is 5.92 Å². The minimum atomic E-state index is -0.198. The first-order valence-corrected chi connectivity index (χ1v) is 7.19. The second-order valence-electron chi connectivity index (χ2n) is 5.20. The van der Waals surface area contributed by atoms with E-state index in [2.05, 4.69) is 10.3 Å². The van der Waals surface area contributed by atoms with Gasteiger partial charge in [0.25, 0.3) is 0 Å². The molecule has 2 fully saturated rings. The van der Waals surface area contributed by atoms with Crippen LogP contribution in [-0.4, -0.2) is 10.9 Å². The van der Waals surface area contributed by atoms with Gasteiger partial charge in [-0.25, -0.2) is 0 Å². The smallest absolute Gasteiger partial charge is 0.223 e. The summed E-state index contributed by atoms with van der Waals surface area (Å²) in [5.74, 6) is 0.442. The number of carbonyl (C=O) groups is 1. The van der Waals surface area contributed by atoms with Gasteiger partial charge in [0, 0.05) is 18.7 Å². The van der Waals surface area contributed by atoms with E-state index in [1.807, 2.05) is 26.0 Å². The average molecular weight is 261 g/mol. The van der Waals surface area contributed by atoms with Crippen LogP contribution in [0.3, 0.4) is 0 Å². The molecule has 0 aliphatic heterocycles. The highest BCUT2D eigenvalue weighted by Crippen LogP contribution is 2.41. The minimum Gasteiger partial charge on any atom is -0.352 e. The lowest BCUT2D eigenvalue weighted by atomic mass is 10.1. The Morgan fingerprint density at radius 3 is 2.74 bits per heavy atom. The van der Waals surface area contributed by atoms with Gasteiger partial charge in [-0.3, -0.25) is 9.78 Å². The molecule has 4 nitrogen and oxygen atoms in total. The number of amides is 1. The Morgan fingerprint density at radius 2 is 2.16 bits per heavy atom. The van der Waals surface area contributed by atoms with Crippen molar-refractivity contribution in [2.45, 2.75) is 51.6 Å². The maximum atomic E-state index is 11.5. The van der Waals surface area contributed by atoms with Crippen LogP contribution in [0.4, 0.5) is 0 Å². The Bertz CT molecular complexity index is 450. The molecule has 104 valence electrons. The predicted octanol–water partition coefficient (Wildman–Crippen LogP) is 2.08. The molecule has 0 bridgehead atoms. The number of carbonyl (C=O) groups excluding carboxylic acids is 1. The number of hydrogen-bond acceptors (Lipinski definition) is 3. The van der Waals surface area contributed by atoms with Crippen molar-refractivity contribution in [1.29, 1.82) is 0 Å². The SMILES string of the molecule is CC.NC1(c2cc(CNC(=O)C3CC3)ccn2)CC1. The third kappa shape index (κ3) is 3.53. The molecular weight excluding hydrogens is 238 g/mol. The van der Waals surface area contributed by atoms with E-state index in [4.69, 9.17) is 5.73 Å². The maximum absolute atomic E-state index is 11.5. The van der Waals surface area contributed by atoms with Crippen molar-refractivity contribution in [2.24, 2.45) is 11.7 Å². The normalized spacial score (nSPS) is 19.1.